The van der Waals surface area contributed by atoms with Gasteiger partial charge in [0.05, 0.1) is 12.5 Å². The molecule has 0 aliphatic rings. The summed E-state index contributed by atoms with van der Waals surface area (Å²) < 4.78 is 0. The average molecular weight is 195 g/mol. The molecule has 1 aromatic rings. The molecule has 13 heavy (non-hydrogen) atoms. The second kappa shape index (κ2) is 4.27. The Morgan fingerprint density at radius 1 is 1.62 bits per heavy atom. The minimum Gasteiger partial charge on any atom is -0.323 e. The van der Waals surface area contributed by atoms with Crippen LogP contribution in [0.25, 0.3) is 0 Å². The Morgan fingerprint density at radius 3 is 2.85 bits per heavy atom. The average Bonchev–Trinajstić information content (AvgIpc) is 2.04. The predicted molar refractivity (Wildman–Crippen MR) is 53.3 cm³/mol. The normalized spacial score (nSPS) is 12.2. The van der Waals surface area contributed by atoms with E-state index in [-0.39, 0.29) is 6.04 Å². The van der Waals surface area contributed by atoms with E-state index in [0.29, 0.717) is 11.4 Å². The highest BCUT2D eigenvalue weighted by Crippen LogP contribution is 2.21. The number of nitrogens with zero attached hydrogens (tertiary/aromatic N) is 1. The second-order valence-electron chi connectivity index (χ2n) is 2.97. The molecule has 1 rings (SSSR count). The van der Waals surface area contributed by atoms with Gasteiger partial charge in [0.25, 0.3) is 0 Å². The van der Waals surface area contributed by atoms with Crippen LogP contribution in [0.3, 0.4) is 0 Å². The molecule has 3 heteroatoms. The molecule has 2 nitrogen and oxygen atoms in total. The number of benzene rings is 1. The lowest BCUT2D eigenvalue weighted by Crippen LogP contribution is -2.10. The summed E-state index contributed by atoms with van der Waals surface area (Å²) in [7, 11) is 0. The molecular weight excluding hydrogens is 184 g/mol. The maximum atomic E-state index is 8.49. The van der Waals surface area contributed by atoms with E-state index in [0.717, 1.165) is 11.1 Å². The van der Waals surface area contributed by atoms with Gasteiger partial charge in [-0.25, -0.2) is 0 Å². The van der Waals surface area contributed by atoms with E-state index in [2.05, 4.69) is 0 Å². The Bertz CT molecular complexity index is 341. The predicted octanol–water partition coefficient (Wildman–Crippen LogP) is 2.56. The lowest BCUT2D eigenvalue weighted by Gasteiger charge is -2.11. The van der Waals surface area contributed by atoms with Crippen molar-refractivity contribution in [1.82, 2.24) is 0 Å². The van der Waals surface area contributed by atoms with Crippen LogP contribution in [0.1, 0.15) is 23.6 Å². The number of hydrogen-bond acceptors (Lipinski definition) is 2. The van der Waals surface area contributed by atoms with Crippen LogP contribution in [0.15, 0.2) is 18.2 Å². The van der Waals surface area contributed by atoms with Gasteiger partial charge in [0, 0.05) is 11.1 Å². The lowest BCUT2D eigenvalue weighted by molar-refractivity contribution is 0.742. The molecule has 2 N–H and O–H groups in total. The van der Waals surface area contributed by atoms with Crippen LogP contribution in [-0.2, 0) is 0 Å². The molecule has 0 aliphatic carbocycles. The van der Waals surface area contributed by atoms with Gasteiger partial charge in [0.1, 0.15) is 0 Å². The Labute approximate surface area is 82.9 Å². The molecule has 0 unspecified atom stereocenters. The number of nitriles is 1. The smallest absolute Gasteiger partial charge is 0.0641 e. The molecule has 0 spiro atoms. The number of aryl methyl sites for hydroxylation is 1. The van der Waals surface area contributed by atoms with Crippen molar-refractivity contribution in [2.24, 2.45) is 5.73 Å². The van der Waals surface area contributed by atoms with Crippen molar-refractivity contribution in [3.63, 3.8) is 0 Å². The van der Waals surface area contributed by atoms with Crippen LogP contribution in [-0.4, -0.2) is 0 Å². The van der Waals surface area contributed by atoms with Gasteiger partial charge in [-0.2, -0.15) is 5.26 Å². The first-order chi connectivity index (χ1) is 6.15. The van der Waals surface area contributed by atoms with E-state index in [4.69, 9.17) is 22.6 Å². The van der Waals surface area contributed by atoms with Crippen LogP contribution in [0.5, 0.6) is 0 Å². The van der Waals surface area contributed by atoms with Gasteiger partial charge in [-0.3, -0.25) is 0 Å². The van der Waals surface area contributed by atoms with Gasteiger partial charge < -0.3 is 5.73 Å². The van der Waals surface area contributed by atoms with E-state index in [9.17, 15) is 0 Å². The second-order valence-corrected chi connectivity index (χ2v) is 3.41. The summed E-state index contributed by atoms with van der Waals surface area (Å²) in [6, 6.07) is 7.37. The summed E-state index contributed by atoms with van der Waals surface area (Å²) in [5.41, 5.74) is 7.82. The van der Waals surface area contributed by atoms with Crippen molar-refractivity contribution >= 4 is 11.6 Å². The SMILES string of the molecule is Cc1cc(Cl)ccc1[C@H](N)CC#N. The number of halogens is 1. The molecule has 0 saturated heterocycles. The maximum absolute atomic E-state index is 8.49. The zero-order chi connectivity index (χ0) is 9.84. The first-order valence-corrected chi connectivity index (χ1v) is 4.41. The molecule has 0 radical (unpaired) electrons. The van der Waals surface area contributed by atoms with Gasteiger partial charge in [0.15, 0.2) is 0 Å². The molecule has 1 aromatic carbocycles. The summed E-state index contributed by atoms with van der Waals surface area (Å²) in [5, 5.41) is 9.19. The van der Waals surface area contributed by atoms with Crippen LogP contribution in [0, 0.1) is 18.3 Å². The molecule has 1 atom stereocenters. The summed E-state index contributed by atoms with van der Waals surface area (Å²) in [6.45, 7) is 1.94. The minimum atomic E-state index is -0.206. The molecule has 0 heterocycles. The van der Waals surface area contributed by atoms with E-state index in [1.807, 2.05) is 25.1 Å². The Morgan fingerprint density at radius 2 is 2.31 bits per heavy atom. The van der Waals surface area contributed by atoms with Gasteiger partial charge in [-0.05, 0) is 30.2 Å². The largest absolute Gasteiger partial charge is 0.323 e. The third-order valence-corrected chi connectivity index (χ3v) is 2.18. The number of hydrogen-bond donors (Lipinski definition) is 1. The van der Waals surface area contributed by atoms with E-state index in [1.54, 1.807) is 6.07 Å². The standard InChI is InChI=1S/C10H11ClN2/c1-7-6-8(11)2-3-9(7)10(13)4-5-12/h2-3,6,10H,4,13H2,1H3/t10-/m1/s1. The monoisotopic (exact) mass is 194 g/mol. The number of rotatable bonds is 2. The van der Waals surface area contributed by atoms with E-state index >= 15 is 0 Å². The van der Waals surface area contributed by atoms with Crippen LogP contribution < -0.4 is 5.73 Å². The van der Waals surface area contributed by atoms with Crippen LogP contribution >= 0.6 is 11.6 Å². The van der Waals surface area contributed by atoms with Crippen LogP contribution in [0.4, 0.5) is 0 Å². The Kier molecular flexibility index (Phi) is 3.30. The molecule has 0 aromatic heterocycles. The van der Waals surface area contributed by atoms with E-state index < -0.39 is 0 Å². The highest BCUT2D eigenvalue weighted by molar-refractivity contribution is 6.30. The highest BCUT2D eigenvalue weighted by atomic mass is 35.5. The van der Waals surface area contributed by atoms with Gasteiger partial charge >= 0.3 is 0 Å². The summed E-state index contributed by atoms with van der Waals surface area (Å²) >= 11 is 5.79. The molecule has 0 amide bonds. The first-order valence-electron chi connectivity index (χ1n) is 4.03. The molecular formula is C10H11ClN2. The topological polar surface area (TPSA) is 49.8 Å². The Hall–Kier alpha value is -1.04. The van der Waals surface area contributed by atoms with Crippen molar-refractivity contribution in [3.05, 3.63) is 34.3 Å². The zero-order valence-electron chi connectivity index (χ0n) is 7.42. The summed E-state index contributed by atoms with van der Waals surface area (Å²) in [6.07, 6.45) is 0.336. The van der Waals surface area contributed by atoms with Crippen molar-refractivity contribution in [2.75, 3.05) is 0 Å². The van der Waals surface area contributed by atoms with Crippen molar-refractivity contribution in [1.29, 1.82) is 5.26 Å². The van der Waals surface area contributed by atoms with Crippen molar-refractivity contribution < 1.29 is 0 Å². The molecule has 0 fully saturated rings. The summed E-state index contributed by atoms with van der Waals surface area (Å²) in [5.74, 6) is 0. The molecule has 0 saturated carbocycles. The van der Waals surface area contributed by atoms with Crippen LogP contribution in [0.2, 0.25) is 5.02 Å². The molecule has 0 bridgehead atoms. The fourth-order valence-corrected chi connectivity index (χ4v) is 1.49. The Balaban J connectivity index is 2.96. The third-order valence-electron chi connectivity index (χ3n) is 1.94. The maximum Gasteiger partial charge on any atom is 0.0641 e. The zero-order valence-corrected chi connectivity index (χ0v) is 8.17. The van der Waals surface area contributed by atoms with E-state index in [1.165, 1.54) is 0 Å². The first kappa shape index (κ1) is 10.0. The number of nitrogens with two attached hydrogens (primary N) is 1. The molecule has 68 valence electrons. The van der Waals surface area contributed by atoms with Crippen molar-refractivity contribution in [2.45, 2.75) is 19.4 Å². The fraction of sp³-hybridized carbons (Fsp3) is 0.300. The lowest BCUT2D eigenvalue weighted by atomic mass is 10.0. The highest BCUT2D eigenvalue weighted by Gasteiger charge is 2.07. The van der Waals surface area contributed by atoms with Gasteiger partial charge in [-0.1, -0.05) is 17.7 Å². The van der Waals surface area contributed by atoms with Gasteiger partial charge in [-0.15, -0.1) is 0 Å². The van der Waals surface area contributed by atoms with Crippen molar-refractivity contribution in [3.8, 4) is 6.07 Å². The quantitative estimate of drug-likeness (QED) is 0.787. The molecule has 0 aliphatic heterocycles. The minimum absolute atomic E-state index is 0.206. The summed E-state index contributed by atoms with van der Waals surface area (Å²) in [4.78, 5) is 0. The third kappa shape index (κ3) is 2.45. The fourth-order valence-electron chi connectivity index (χ4n) is 1.26. The van der Waals surface area contributed by atoms with Gasteiger partial charge in [0.2, 0.25) is 0 Å².